The van der Waals surface area contributed by atoms with Crippen LogP contribution in [-0.2, 0) is 0 Å². The Bertz CT molecular complexity index is 241. The number of hydrogen-bond donors (Lipinski definition) is 0. The third kappa shape index (κ3) is 3.37. The molecule has 1 rings (SSSR count). The summed E-state index contributed by atoms with van der Waals surface area (Å²) in [5, 5.41) is 0.766. The van der Waals surface area contributed by atoms with Gasteiger partial charge in [0.05, 0.1) is 0 Å². The Labute approximate surface area is 94.0 Å². The molecule has 0 radical (unpaired) electrons. The molecule has 0 spiro atoms. The molecule has 1 aromatic rings. The molecule has 11 heavy (non-hydrogen) atoms. The Morgan fingerprint density at radius 2 is 1.45 bits per heavy atom. The molecule has 0 bridgehead atoms. The number of hydrogen-bond acceptors (Lipinski definition) is 0. The molecule has 0 unspecified atom stereocenters. The van der Waals surface area contributed by atoms with Crippen molar-refractivity contribution in [2.75, 3.05) is 0 Å². The van der Waals surface area contributed by atoms with Gasteiger partial charge in [0.25, 0.3) is 0 Å². The van der Waals surface area contributed by atoms with E-state index in [1.807, 2.05) is 24.3 Å². The van der Waals surface area contributed by atoms with Gasteiger partial charge >= 0.3 is 95.1 Å². The molecule has 0 aliphatic heterocycles. The third-order valence-corrected chi connectivity index (χ3v) is 8.85. The van der Waals surface area contributed by atoms with Crippen LogP contribution in [0.4, 0.5) is 0 Å². The van der Waals surface area contributed by atoms with Crippen LogP contribution < -0.4 is 4.46 Å². The van der Waals surface area contributed by atoms with E-state index in [1.54, 1.807) is 0 Å². The minimum atomic E-state index is -1.85. The van der Waals surface area contributed by atoms with Crippen molar-refractivity contribution in [1.82, 2.24) is 0 Å². The molecule has 0 fully saturated rings. The molecule has 0 aliphatic rings. The van der Waals surface area contributed by atoms with Gasteiger partial charge in [-0.3, -0.25) is 0 Å². The molecular weight excluding hydrogens is 426 g/mol. The van der Waals surface area contributed by atoms with Crippen molar-refractivity contribution < 1.29 is 0 Å². The van der Waals surface area contributed by atoms with Gasteiger partial charge in [-0.25, -0.2) is 0 Å². The van der Waals surface area contributed by atoms with E-state index in [0.717, 1.165) is 5.02 Å². The van der Waals surface area contributed by atoms with Gasteiger partial charge in [0.15, 0.2) is 0 Å². The number of rotatable bonds is 1. The third-order valence-electron chi connectivity index (χ3n) is 1.08. The summed E-state index contributed by atoms with van der Waals surface area (Å²) in [4.78, 5) is 0. The summed E-state index contributed by atoms with van der Waals surface area (Å²) in [5.74, 6) is 0. The van der Waals surface area contributed by atoms with Gasteiger partial charge in [0.1, 0.15) is 0 Å². The summed E-state index contributed by atoms with van der Waals surface area (Å²) in [5.41, 5.74) is 0. The van der Waals surface area contributed by atoms with Crippen molar-refractivity contribution in [3.63, 3.8) is 0 Å². The first-order valence-corrected chi connectivity index (χ1v) is 15.9. The second kappa shape index (κ2) is 4.12. The van der Waals surface area contributed by atoms with Crippen LogP contribution in [0.5, 0.6) is 0 Å². The predicted octanol–water partition coefficient (Wildman–Crippen LogP) is 3.67. The van der Waals surface area contributed by atoms with Crippen LogP contribution in [0.3, 0.4) is 0 Å². The van der Waals surface area contributed by atoms with E-state index in [2.05, 4.69) is 42.3 Å². The van der Waals surface area contributed by atoms with Crippen molar-refractivity contribution >= 4 is 65.8 Å². The molecule has 0 atom stereocenters. The fourth-order valence-electron chi connectivity index (χ4n) is 0.589. The SMILES string of the molecule is Clc1ccc([Se](Br)(Br)Br)cc1. The summed E-state index contributed by atoms with van der Waals surface area (Å²) in [6.45, 7) is 0. The average molecular weight is 430 g/mol. The summed E-state index contributed by atoms with van der Waals surface area (Å²) in [6.07, 6.45) is 0. The zero-order valence-electron chi connectivity index (χ0n) is 5.23. The van der Waals surface area contributed by atoms with Crippen LogP contribution >= 0.6 is 53.9 Å². The van der Waals surface area contributed by atoms with Crippen LogP contribution in [0, 0.1) is 0 Å². The molecule has 0 heterocycles. The number of halogens is 4. The van der Waals surface area contributed by atoms with Crippen molar-refractivity contribution in [3.8, 4) is 0 Å². The zero-order valence-corrected chi connectivity index (χ0v) is 12.5. The van der Waals surface area contributed by atoms with Crippen LogP contribution in [0.15, 0.2) is 24.3 Å². The fraction of sp³-hybridized carbons (Fsp3) is 0. The van der Waals surface area contributed by atoms with Crippen LogP contribution in [0.2, 0.25) is 5.02 Å². The van der Waals surface area contributed by atoms with Crippen LogP contribution in [-0.4, -0.2) is 7.42 Å². The van der Waals surface area contributed by atoms with E-state index in [4.69, 9.17) is 11.6 Å². The normalized spacial score (nSPS) is 13.1. The van der Waals surface area contributed by atoms with E-state index in [-0.39, 0.29) is 0 Å². The first-order chi connectivity index (χ1) is 5.00. The topological polar surface area (TPSA) is 0 Å². The first kappa shape index (κ1) is 10.5. The molecular formula is C6H4Br3ClSe. The van der Waals surface area contributed by atoms with E-state index >= 15 is 0 Å². The van der Waals surface area contributed by atoms with Crippen molar-refractivity contribution in [1.29, 1.82) is 0 Å². The second-order valence-corrected chi connectivity index (χ2v) is 33.7. The molecule has 1 aromatic carbocycles. The van der Waals surface area contributed by atoms with Crippen molar-refractivity contribution in [2.45, 2.75) is 0 Å². The molecule has 0 saturated carbocycles. The van der Waals surface area contributed by atoms with E-state index < -0.39 is 7.42 Å². The Kier molecular flexibility index (Phi) is 3.95. The standard InChI is InChI=1S/C6H4Br3ClSe/c7-11(8,9)6-3-1-5(10)2-4-6/h1-4H. The number of benzene rings is 1. The van der Waals surface area contributed by atoms with Crippen molar-refractivity contribution in [2.24, 2.45) is 0 Å². The Morgan fingerprint density at radius 1 is 1.00 bits per heavy atom. The maximum absolute atomic E-state index is 5.73. The van der Waals surface area contributed by atoms with E-state index in [1.165, 1.54) is 4.46 Å². The molecule has 0 amide bonds. The monoisotopic (exact) mass is 428 g/mol. The summed E-state index contributed by atoms with van der Waals surface area (Å²) < 4.78 is 1.23. The van der Waals surface area contributed by atoms with E-state index in [0.29, 0.717) is 0 Å². The Balaban J connectivity index is 2.99. The second-order valence-electron chi connectivity index (χ2n) is 1.86. The molecule has 5 heteroatoms. The van der Waals surface area contributed by atoms with Gasteiger partial charge in [-0.15, -0.1) is 0 Å². The molecule has 0 N–H and O–H groups in total. The van der Waals surface area contributed by atoms with Gasteiger partial charge < -0.3 is 0 Å². The van der Waals surface area contributed by atoms with Gasteiger partial charge in [0, 0.05) is 0 Å². The zero-order chi connectivity index (χ0) is 8.48. The Hall–Kier alpha value is 1.47. The molecule has 0 aromatic heterocycles. The van der Waals surface area contributed by atoms with Gasteiger partial charge in [0.2, 0.25) is 0 Å². The minimum absolute atomic E-state index is 0.766. The molecule has 0 nitrogen and oxygen atoms in total. The van der Waals surface area contributed by atoms with Crippen LogP contribution in [0.1, 0.15) is 0 Å². The summed E-state index contributed by atoms with van der Waals surface area (Å²) in [6, 6.07) is 7.76. The Morgan fingerprint density at radius 3 is 1.82 bits per heavy atom. The fourth-order valence-corrected chi connectivity index (χ4v) is 5.01. The maximum atomic E-state index is 5.73. The van der Waals surface area contributed by atoms with Crippen molar-refractivity contribution in [3.05, 3.63) is 29.3 Å². The molecule has 0 saturated heterocycles. The van der Waals surface area contributed by atoms with Gasteiger partial charge in [-0.1, -0.05) is 0 Å². The molecule has 62 valence electrons. The quantitative estimate of drug-likeness (QED) is 0.597. The van der Waals surface area contributed by atoms with E-state index in [9.17, 15) is 0 Å². The van der Waals surface area contributed by atoms with Gasteiger partial charge in [-0.05, 0) is 0 Å². The van der Waals surface area contributed by atoms with Crippen LogP contribution in [0.25, 0.3) is 0 Å². The summed E-state index contributed by atoms with van der Waals surface area (Å²) >= 11 is 16.4. The molecule has 0 aliphatic carbocycles. The van der Waals surface area contributed by atoms with Gasteiger partial charge in [-0.2, -0.15) is 0 Å². The first-order valence-electron chi connectivity index (χ1n) is 2.68. The predicted molar refractivity (Wildman–Crippen MR) is 63.6 cm³/mol. The average Bonchev–Trinajstić information content (AvgIpc) is 1.86. The summed E-state index contributed by atoms with van der Waals surface area (Å²) in [7, 11) is -1.85.